The van der Waals surface area contributed by atoms with Crippen LogP contribution in [-0.2, 0) is 16.4 Å². The number of carbonyl (C=O) groups excluding carboxylic acids is 2. The largest absolute Gasteiger partial charge is 0.352 e. The van der Waals surface area contributed by atoms with Gasteiger partial charge in [0.2, 0.25) is 9.84 Å². The first-order valence-corrected chi connectivity index (χ1v) is 15.3. The molecule has 2 heterocycles. The van der Waals surface area contributed by atoms with Crippen molar-refractivity contribution in [2.75, 3.05) is 24.5 Å². The molecule has 0 saturated carbocycles. The second kappa shape index (κ2) is 11.9. The highest BCUT2D eigenvalue weighted by atomic mass is 32.2. The number of rotatable bonds is 8. The molecule has 2 amide bonds. The summed E-state index contributed by atoms with van der Waals surface area (Å²) in [5.74, 6) is -1.44. The van der Waals surface area contributed by atoms with Gasteiger partial charge in [-0.15, -0.1) is 0 Å². The summed E-state index contributed by atoms with van der Waals surface area (Å²) in [6.07, 6.45) is 5.60. The minimum Gasteiger partial charge on any atom is -0.352 e. The van der Waals surface area contributed by atoms with Crippen molar-refractivity contribution < 1.29 is 22.4 Å². The summed E-state index contributed by atoms with van der Waals surface area (Å²) in [5, 5.41) is 2.94. The van der Waals surface area contributed by atoms with Crippen LogP contribution in [0.5, 0.6) is 0 Å². The van der Waals surface area contributed by atoms with Crippen molar-refractivity contribution in [2.45, 2.75) is 61.4 Å². The highest BCUT2D eigenvalue weighted by molar-refractivity contribution is 7.91. The van der Waals surface area contributed by atoms with Crippen LogP contribution < -0.4 is 10.2 Å². The number of nitrogens with zero attached hydrogens (tertiary/aromatic N) is 2. The Morgan fingerprint density at radius 3 is 2.60 bits per heavy atom. The zero-order valence-corrected chi connectivity index (χ0v) is 23.4. The second-order valence-corrected chi connectivity index (χ2v) is 12.3. The van der Waals surface area contributed by atoms with E-state index < -0.39 is 21.6 Å². The average Bonchev–Trinajstić information content (AvgIpc) is 3.04. The Bertz CT molecular complexity index is 1520. The first-order valence-electron chi connectivity index (χ1n) is 13.9. The van der Waals surface area contributed by atoms with Crippen LogP contribution in [0.1, 0.15) is 65.3 Å². The Kier molecular flexibility index (Phi) is 8.32. The number of fused-ring (bicyclic) bond motifs is 2. The fourth-order valence-corrected chi connectivity index (χ4v) is 7.34. The maximum absolute atomic E-state index is 14.6. The predicted molar refractivity (Wildman–Crippen MR) is 152 cm³/mol. The summed E-state index contributed by atoms with van der Waals surface area (Å²) in [7, 11) is -4.08. The maximum Gasteiger partial charge on any atom is 0.259 e. The normalized spacial score (nSPS) is 18.5. The fourth-order valence-electron chi connectivity index (χ4n) is 5.70. The molecule has 0 unspecified atom stereocenters. The average molecular weight is 564 g/mol. The van der Waals surface area contributed by atoms with Gasteiger partial charge in [0.05, 0.1) is 27.6 Å². The van der Waals surface area contributed by atoms with Gasteiger partial charge in [-0.3, -0.25) is 9.59 Å². The van der Waals surface area contributed by atoms with Crippen molar-refractivity contribution in [2.24, 2.45) is 0 Å². The van der Waals surface area contributed by atoms with E-state index in [4.69, 9.17) is 0 Å². The number of carbonyl (C=O) groups is 2. The summed E-state index contributed by atoms with van der Waals surface area (Å²) in [6.45, 7) is 4.48. The number of amides is 2. The van der Waals surface area contributed by atoms with Gasteiger partial charge in [-0.25, -0.2) is 12.8 Å². The Labute approximate surface area is 234 Å². The molecule has 0 bridgehead atoms. The van der Waals surface area contributed by atoms with Gasteiger partial charge in [-0.2, -0.15) is 0 Å². The molecule has 2 aliphatic rings. The standard InChI is InChI=1S/C31H34FN3O4S/c1-2-24-11-7-8-18-34(24)19-9-17-33-30(36)22-15-16-29-27(20-22)35(21-23-10-3-5-13-26(23)32)31(37)25-12-4-6-14-28(25)40(29,38)39/h3-6,10,12-16,20,24H,2,7-9,11,17-19,21H2,1H3,(H,33,36)/t24-/m0/s1. The summed E-state index contributed by atoms with van der Waals surface area (Å²) < 4.78 is 42.0. The lowest BCUT2D eigenvalue weighted by molar-refractivity contribution is 0.0944. The molecule has 0 radical (unpaired) electrons. The van der Waals surface area contributed by atoms with E-state index in [1.54, 1.807) is 30.3 Å². The predicted octanol–water partition coefficient (Wildman–Crippen LogP) is 5.20. The first-order chi connectivity index (χ1) is 19.3. The third-order valence-electron chi connectivity index (χ3n) is 7.87. The highest BCUT2D eigenvalue weighted by Crippen LogP contribution is 2.38. The number of likely N-dealkylation sites (tertiary alicyclic amines) is 1. The van der Waals surface area contributed by atoms with Crippen molar-refractivity contribution in [3.8, 4) is 0 Å². The third-order valence-corrected chi connectivity index (χ3v) is 9.73. The molecule has 1 fully saturated rings. The van der Waals surface area contributed by atoms with E-state index in [1.165, 1.54) is 60.6 Å². The van der Waals surface area contributed by atoms with Crippen LogP contribution in [-0.4, -0.2) is 50.8 Å². The van der Waals surface area contributed by atoms with E-state index in [0.717, 1.165) is 25.9 Å². The summed E-state index contributed by atoms with van der Waals surface area (Å²) in [5.41, 5.74) is 0.521. The lowest BCUT2D eigenvalue weighted by Gasteiger charge is -2.35. The number of hydrogen-bond donors (Lipinski definition) is 1. The van der Waals surface area contributed by atoms with Gasteiger partial charge in [0.25, 0.3) is 11.8 Å². The molecule has 1 N–H and O–H groups in total. The van der Waals surface area contributed by atoms with Crippen LogP contribution in [0.4, 0.5) is 10.1 Å². The molecular formula is C31H34FN3O4S. The maximum atomic E-state index is 14.6. The highest BCUT2D eigenvalue weighted by Gasteiger charge is 2.36. The molecule has 0 aromatic heterocycles. The number of sulfone groups is 1. The van der Waals surface area contributed by atoms with E-state index in [9.17, 15) is 22.4 Å². The van der Waals surface area contributed by atoms with Gasteiger partial charge in [-0.05, 0) is 68.6 Å². The van der Waals surface area contributed by atoms with Gasteiger partial charge < -0.3 is 15.1 Å². The number of benzene rings is 3. The van der Waals surface area contributed by atoms with Crippen LogP contribution in [0, 0.1) is 5.82 Å². The quantitative estimate of drug-likeness (QED) is 0.381. The van der Waals surface area contributed by atoms with Crippen LogP contribution >= 0.6 is 0 Å². The number of anilines is 1. The monoisotopic (exact) mass is 563 g/mol. The van der Waals surface area contributed by atoms with Crippen LogP contribution in [0.2, 0.25) is 0 Å². The fraction of sp³-hybridized carbons (Fsp3) is 0.355. The van der Waals surface area contributed by atoms with Gasteiger partial charge in [0, 0.05) is 30.3 Å². The van der Waals surface area contributed by atoms with Gasteiger partial charge in [0.15, 0.2) is 0 Å². The SMILES string of the molecule is CC[C@H]1CCCCN1CCCNC(=O)c1ccc2c(c1)N(Cc1ccccc1F)C(=O)c1ccccc1S2(=O)=O. The molecule has 0 spiro atoms. The number of nitrogens with one attached hydrogen (secondary N) is 1. The van der Waals surface area contributed by atoms with Crippen molar-refractivity contribution >= 4 is 27.3 Å². The van der Waals surface area contributed by atoms with Gasteiger partial charge >= 0.3 is 0 Å². The van der Waals surface area contributed by atoms with Crippen LogP contribution in [0.25, 0.3) is 0 Å². The molecule has 3 aromatic carbocycles. The minimum atomic E-state index is -4.08. The molecule has 9 heteroatoms. The van der Waals surface area contributed by atoms with E-state index >= 15 is 0 Å². The van der Waals surface area contributed by atoms with Crippen molar-refractivity contribution in [1.29, 1.82) is 0 Å². The minimum absolute atomic E-state index is 0.00383. The number of hydrogen-bond acceptors (Lipinski definition) is 5. The van der Waals surface area contributed by atoms with E-state index in [0.29, 0.717) is 12.6 Å². The lowest BCUT2D eigenvalue weighted by Crippen LogP contribution is -2.40. The molecular weight excluding hydrogens is 529 g/mol. The summed E-state index contributed by atoms with van der Waals surface area (Å²) >= 11 is 0. The third kappa shape index (κ3) is 5.53. The second-order valence-electron chi connectivity index (χ2n) is 10.4. The Balaban J connectivity index is 1.42. The van der Waals surface area contributed by atoms with Crippen LogP contribution in [0.3, 0.4) is 0 Å². The van der Waals surface area contributed by atoms with E-state index in [1.807, 2.05) is 0 Å². The van der Waals surface area contributed by atoms with Gasteiger partial charge in [0.1, 0.15) is 5.82 Å². The molecule has 1 atom stereocenters. The molecule has 1 saturated heterocycles. The number of halogens is 1. The van der Waals surface area contributed by atoms with Crippen LogP contribution in [0.15, 0.2) is 76.5 Å². The van der Waals surface area contributed by atoms with E-state index in [2.05, 4.69) is 17.1 Å². The van der Waals surface area contributed by atoms with Gasteiger partial charge in [-0.1, -0.05) is 43.7 Å². The van der Waals surface area contributed by atoms with Crippen molar-refractivity contribution in [1.82, 2.24) is 10.2 Å². The topological polar surface area (TPSA) is 86.8 Å². The lowest BCUT2D eigenvalue weighted by atomic mass is 10.00. The Hall–Kier alpha value is -3.56. The molecule has 3 aromatic rings. The zero-order chi connectivity index (χ0) is 28.3. The molecule has 2 aliphatic heterocycles. The zero-order valence-electron chi connectivity index (χ0n) is 22.6. The first kappa shape index (κ1) is 28.0. The molecule has 7 nitrogen and oxygen atoms in total. The molecule has 5 rings (SSSR count). The van der Waals surface area contributed by atoms with Crippen molar-refractivity contribution in [3.63, 3.8) is 0 Å². The molecule has 40 heavy (non-hydrogen) atoms. The smallest absolute Gasteiger partial charge is 0.259 e. The van der Waals surface area contributed by atoms with E-state index in [-0.39, 0.29) is 44.6 Å². The molecule has 0 aliphatic carbocycles. The van der Waals surface area contributed by atoms with Crippen molar-refractivity contribution in [3.05, 3.63) is 89.2 Å². The summed E-state index contributed by atoms with van der Waals surface area (Å²) in [4.78, 5) is 30.4. The Morgan fingerprint density at radius 2 is 1.80 bits per heavy atom. The number of piperidine rings is 1. The Morgan fingerprint density at radius 1 is 1.02 bits per heavy atom. The molecule has 210 valence electrons. The summed E-state index contributed by atoms with van der Waals surface area (Å²) in [6, 6.07) is 16.9.